The number of anilines is 1. The highest BCUT2D eigenvalue weighted by Gasteiger charge is 2.24. The number of benzene rings is 2. The van der Waals surface area contributed by atoms with Crippen molar-refractivity contribution in [1.82, 2.24) is 5.32 Å². The van der Waals surface area contributed by atoms with Crippen LogP contribution in [0.3, 0.4) is 0 Å². The Hall–Kier alpha value is -2.80. The molecule has 0 fully saturated rings. The third-order valence-corrected chi connectivity index (χ3v) is 4.85. The number of rotatable bonds is 3. The van der Waals surface area contributed by atoms with E-state index in [4.69, 9.17) is 10.2 Å². The van der Waals surface area contributed by atoms with E-state index in [9.17, 15) is 13.2 Å². The van der Waals surface area contributed by atoms with E-state index < -0.39 is 15.7 Å². The molecule has 1 heterocycles. The molecule has 0 saturated carbocycles. The minimum absolute atomic E-state index is 0.000654. The van der Waals surface area contributed by atoms with Crippen LogP contribution in [0.5, 0.6) is 0 Å². The van der Waals surface area contributed by atoms with Crippen molar-refractivity contribution in [3.05, 3.63) is 48.0 Å². The number of nitrogens with one attached hydrogen (secondary N) is 1. The van der Waals surface area contributed by atoms with Crippen LogP contribution in [0.1, 0.15) is 10.4 Å². The molecule has 0 radical (unpaired) electrons. The summed E-state index contributed by atoms with van der Waals surface area (Å²) in [5.41, 5.74) is 7.52. The molecule has 0 saturated heterocycles. The fourth-order valence-corrected chi connectivity index (χ4v) is 3.45. The molecule has 124 valence electrons. The first-order valence-corrected chi connectivity index (χ1v) is 9.05. The van der Waals surface area contributed by atoms with Gasteiger partial charge in [-0.2, -0.15) is 0 Å². The number of furan rings is 1. The third-order valence-electron chi connectivity index (χ3n) is 3.74. The Morgan fingerprint density at radius 2 is 1.79 bits per heavy atom. The first-order chi connectivity index (χ1) is 11.3. The summed E-state index contributed by atoms with van der Waals surface area (Å²) in [5, 5.41) is 2.86. The van der Waals surface area contributed by atoms with Crippen LogP contribution in [0.15, 0.2) is 51.8 Å². The van der Waals surface area contributed by atoms with Crippen molar-refractivity contribution < 1.29 is 17.6 Å². The number of hydrogen-bond donors (Lipinski definition) is 2. The molecule has 6 nitrogen and oxygen atoms in total. The van der Waals surface area contributed by atoms with Gasteiger partial charge in [0.05, 0.1) is 0 Å². The number of sulfone groups is 1. The Labute approximate surface area is 139 Å². The summed E-state index contributed by atoms with van der Waals surface area (Å²) in [5.74, 6) is -0.546. The second-order valence-corrected chi connectivity index (χ2v) is 7.39. The second-order valence-electron chi connectivity index (χ2n) is 5.41. The van der Waals surface area contributed by atoms with E-state index in [1.807, 2.05) is 30.3 Å². The van der Waals surface area contributed by atoms with Gasteiger partial charge in [-0.15, -0.1) is 0 Å². The van der Waals surface area contributed by atoms with E-state index in [2.05, 4.69) is 5.32 Å². The van der Waals surface area contributed by atoms with Gasteiger partial charge in [-0.05, 0) is 23.3 Å². The van der Waals surface area contributed by atoms with Crippen LogP contribution >= 0.6 is 0 Å². The minimum Gasteiger partial charge on any atom is -0.439 e. The fraction of sp³-hybridized carbons (Fsp3) is 0.118. The average molecular weight is 344 g/mol. The van der Waals surface area contributed by atoms with E-state index in [0.29, 0.717) is 10.9 Å². The van der Waals surface area contributed by atoms with Gasteiger partial charge in [0, 0.05) is 18.7 Å². The molecule has 3 N–H and O–H groups in total. The van der Waals surface area contributed by atoms with E-state index in [1.54, 1.807) is 6.07 Å². The smallest absolute Gasteiger partial charge is 0.257 e. The summed E-state index contributed by atoms with van der Waals surface area (Å²) in [7, 11) is -2.11. The van der Waals surface area contributed by atoms with Crippen LogP contribution < -0.4 is 11.1 Å². The summed E-state index contributed by atoms with van der Waals surface area (Å²) in [4.78, 5) is 12.1. The zero-order valence-electron chi connectivity index (χ0n) is 13.2. The van der Waals surface area contributed by atoms with Gasteiger partial charge in [-0.25, -0.2) is 8.42 Å². The lowest BCUT2D eigenvalue weighted by Crippen LogP contribution is -2.18. The number of amides is 1. The highest BCUT2D eigenvalue weighted by molar-refractivity contribution is 7.91. The Kier molecular flexibility index (Phi) is 3.81. The van der Waals surface area contributed by atoms with Gasteiger partial charge in [0.2, 0.25) is 5.88 Å². The van der Waals surface area contributed by atoms with Gasteiger partial charge in [0.15, 0.2) is 15.4 Å². The third kappa shape index (κ3) is 2.63. The van der Waals surface area contributed by atoms with Gasteiger partial charge in [0.25, 0.3) is 5.91 Å². The van der Waals surface area contributed by atoms with Crippen LogP contribution in [0, 0.1) is 0 Å². The highest BCUT2D eigenvalue weighted by atomic mass is 32.2. The van der Waals surface area contributed by atoms with E-state index in [-0.39, 0.29) is 21.9 Å². The molecule has 24 heavy (non-hydrogen) atoms. The Morgan fingerprint density at radius 1 is 1.12 bits per heavy atom. The standard InChI is InChI=1S/C17H16N2O4S/c1-19-17(20)14-12-8-11(10-6-4-3-5-7-10)9-13(24(2,21)22)15(12)23-16(14)18/h3-9H,18H2,1-2H3,(H,19,20). The van der Waals surface area contributed by atoms with E-state index in [1.165, 1.54) is 13.1 Å². The largest absolute Gasteiger partial charge is 0.439 e. The molecule has 0 aliphatic carbocycles. The van der Waals surface area contributed by atoms with Crippen LogP contribution in [0.4, 0.5) is 5.88 Å². The maximum absolute atomic E-state index is 12.2. The molecule has 7 heteroatoms. The molecule has 2 aromatic carbocycles. The molecule has 3 aromatic rings. The van der Waals surface area contributed by atoms with Crippen molar-refractivity contribution in [2.45, 2.75) is 4.90 Å². The highest BCUT2D eigenvalue weighted by Crippen LogP contribution is 2.36. The molecule has 0 bridgehead atoms. The van der Waals surface area contributed by atoms with E-state index in [0.717, 1.165) is 11.8 Å². The number of fused-ring (bicyclic) bond motifs is 1. The molecule has 0 aliphatic heterocycles. The normalized spacial score (nSPS) is 11.6. The van der Waals surface area contributed by atoms with Gasteiger partial charge in [-0.3, -0.25) is 4.79 Å². The molecule has 1 aromatic heterocycles. The summed E-state index contributed by atoms with van der Waals surface area (Å²) >= 11 is 0. The summed E-state index contributed by atoms with van der Waals surface area (Å²) in [6.07, 6.45) is 1.09. The number of hydrogen-bond acceptors (Lipinski definition) is 5. The predicted molar refractivity (Wildman–Crippen MR) is 92.6 cm³/mol. The Morgan fingerprint density at radius 3 is 2.38 bits per heavy atom. The molecule has 0 unspecified atom stereocenters. The molecule has 1 amide bonds. The van der Waals surface area contributed by atoms with Crippen molar-refractivity contribution in [3.8, 4) is 11.1 Å². The lowest BCUT2D eigenvalue weighted by molar-refractivity contribution is 0.0965. The van der Waals surface area contributed by atoms with Crippen LogP contribution in [0.2, 0.25) is 0 Å². The molecule has 0 aliphatic rings. The van der Waals surface area contributed by atoms with E-state index >= 15 is 0 Å². The number of nitrogen functional groups attached to an aromatic ring is 1. The predicted octanol–water partition coefficient (Wildman–Crippen LogP) is 2.45. The number of nitrogens with two attached hydrogens (primary N) is 1. The number of carbonyl (C=O) groups excluding carboxylic acids is 1. The van der Waals surface area contributed by atoms with Gasteiger partial charge in [0.1, 0.15) is 10.5 Å². The topological polar surface area (TPSA) is 102 Å². The van der Waals surface area contributed by atoms with Gasteiger partial charge in [-0.1, -0.05) is 30.3 Å². The SMILES string of the molecule is CNC(=O)c1c(N)oc2c(S(C)(=O)=O)cc(-c3ccccc3)cc12. The quantitative estimate of drug-likeness (QED) is 0.760. The first-order valence-electron chi connectivity index (χ1n) is 7.16. The minimum atomic E-state index is -3.58. The Bertz CT molecular complexity index is 1040. The molecular weight excluding hydrogens is 328 g/mol. The maximum atomic E-state index is 12.2. The average Bonchev–Trinajstić information content (AvgIpc) is 2.88. The summed E-state index contributed by atoms with van der Waals surface area (Å²) < 4.78 is 29.8. The second kappa shape index (κ2) is 5.68. The van der Waals surface area contributed by atoms with Crippen molar-refractivity contribution in [2.24, 2.45) is 0 Å². The monoisotopic (exact) mass is 344 g/mol. The molecular formula is C17H16N2O4S. The van der Waals surface area contributed by atoms with Gasteiger partial charge < -0.3 is 15.5 Å². The summed E-state index contributed by atoms with van der Waals surface area (Å²) in [6.45, 7) is 0. The number of carbonyl (C=O) groups is 1. The zero-order chi connectivity index (χ0) is 17.5. The first kappa shape index (κ1) is 16.1. The van der Waals surface area contributed by atoms with Crippen molar-refractivity contribution >= 4 is 32.6 Å². The molecule has 0 atom stereocenters. The van der Waals surface area contributed by atoms with Crippen molar-refractivity contribution in [2.75, 3.05) is 19.0 Å². The van der Waals surface area contributed by atoms with Crippen LogP contribution in [-0.4, -0.2) is 27.6 Å². The maximum Gasteiger partial charge on any atom is 0.257 e. The zero-order valence-corrected chi connectivity index (χ0v) is 14.0. The van der Waals surface area contributed by atoms with Crippen LogP contribution in [-0.2, 0) is 9.84 Å². The fourth-order valence-electron chi connectivity index (χ4n) is 2.62. The Balaban J connectivity index is 2.43. The summed E-state index contributed by atoms with van der Waals surface area (Å²) in [6, 6.07) is 12.5. The van der Waals surface area contributed by atoms with Crippen molar-refractivity contribution in [3.63, 3.8) is 0 Å². The lowest BCUT2D eigenvalue weighted by atomic mass is 10.0. The molecule has 3 rings (SSSR count). The van der Waals surface area contributed by atoms with Crippen LogP contribution in [0.25, 0.3) is 22.1 Å². The van der Waals surface area contributed by atoms with Gasteiger partial charge >= 0.3 is 0 Å². The lowest BCUT2D eigenvalue weighted by Gasteiger charge is -2.06. The van der Waals surface area contributed by atoms with Crippen molar-refractivity contribution in [1.29, 1.82) is 0 Å². The molecule has 0 spiro atoms.